The third kappa shape index (κ3) is 4.12. The van der Waals surface area contributed by atoms with Crippen molar-refractivity contribution in [2.45, 2.75) is 52.2 Å². The summed E-state index contributed by atoms with van der Waals surface area (Å²) in [4.78, 5) is 12.4. The number of aromatic carboxylic acids is 1. The Kier molecular flexibility index (Phi) is 6.16. The lowest BCUT2D eigenvalue weighted by atomic mass is 9.78. The van der Waals surface area contributed by atoms with Gasteiger partial charge in [-0.1, -0.05) is 68.6 Å². The Morgan fingerprint density at radius 1 is 1.13 bits per heavy atom. The van der Waals surface area contributed by atoms with E-state index in [2.05, 4.69) is 19.2 Å². The Hall–Kier alpha value is -2.30. The largest absolute Gasteiger partial charge is 0.477 e. The summed E-state index contributed by atoms with van der Waals surface area (Å²) in [6, 6.07) is 16.0. The van der Waals surface area contributed by atoms with E-state index in [-0.39, 0.29) is 0 Å². The number of carboxylic acid groups (broad SMARTS) is 1. The minimum Gasteiger partial charge on any atom is -0.477 e. The van der Waals surface area contributed by atoms with Crippen LogP contribution in [0.3, 0.4) is 0 Å². The van der Waals surface area contributed by atoms with Gasteiger partial charge in [-0.2, -0.15) is 0 Å². The molecule has 1 heterocycles. The first-order chi connectivity index (χ1) is 14.5. The monoisotopic (exact) mass is 424 g/mol. The average Bonchev–Trinajstić information content (AvgIpc) is 3.04. The number of aromatic nitrogens is 1. The maximum atomic E-state index is 12.4. The van der Waals surface area contributed by atoms with Crippen LogP contribution >= 0.6 is 11.6 Å². The molecule has 2 aromatic carbocycles. The number of para-hydroxylation sites is 1. The molecule has 3 atom stereocenters. The Labute approximate surface area is 182 Å². The number of rotatable bonds is 6. The summed E-state index contributed by atoms with van der Waals surface area (Å²) in [7, 11) is 0. The first-order valence-electron chi connectivity index (χ1n) is 10.8. The number of hydrogen-bond acceptors (Lipinski definition) is 2. The molecule has 1 saturated carbocycles. The predicted octanol–water partition coefficient (Wildman–Crippen LogP) is 5.96. The highest BCUT2D eigenvalue weighted by Gasteiger charge is 2.28. The zero-order chi connectivity index (χ0) is 21.3. The molecular formula is C25H29ClN2O2. The Morgan fingerprint density at radius 2 is 1.87 bits per heavy atom. The summed E-state index contributed by atoms with van der Waals surface area (Å²) < 4.78 is 1.92. The van der Waals surface area contributed by atoms with Crippen molar-refractivity contribution in [1.82, 2.24) is 9.88 Å². The van der Waals surface area contributed by atoms with Crippen LogP contribution in [0.4, 0.5) is 0 Å². The number of carbonyl (C=O) groups is 1. The third-order valence-corrected chi connectivity index (χ3v) is 7.03. The Morgan fingerprint density at radius 3 is 2.60 bits per heavy atom. The summed E-state index contributed by atoms with van der Waals surface area (Å²) in [6.07, 6.45) is 3.66. The molecule has 0 saturated heterocycles. The molecule has 1 aromatic heterocycles. The zero-order valence-corrected chi connectivity index (χ0v) is 18.3. The van der Waals surface area contributed by atoms with Gasteiger partial charge in [-0.05, 0) is 42.0 Å². The van der Waals surface area contributed by atoms with E-state index >= 15 is 0 Å². The van der Waals surface area contributed by atoms with Crippen LogP contribution in [0.15, 0.2) is 48.5 Å². The van der Waals surface area contributed by atoms with Gasteiger partial charge in [0.1, 0.15) is 5.69 Å². The SMILES string of the molecule is CC1CCCC(NCc2c(C(=O)O)n(Cc3ccc(Cl)cc3)c3ccccc23)C1C. The Bertz CT molecular complexity index is 1040. The van der Waals surface area contributed by atoms with Crippen molar-refractivity contribution < 1.29 is 9.90 Å². The topological polar surface area (TPSA) is 54.3 Å². The highest BCUT2D eigenvalue weighted by molar-refractivity contribution is 6.30. The highest BCUT2D eigenvalue weighted by Crippen LogP contribution is 2.31. The van der Waals surface area contributed by atoms with E-state index < -0.39 is 5.97 Å². The summed E-state index contributed by atoms with van der Waals surface area (Å²) >= 11 is 6.02. The maximum Gasteiger partial charge on any atom is 0.352 e. The maximum absolute atomic E-state index is 12.4. The van der Waals surface area contributed by atoms with E-state index in [1.807, 2.05) is 53.1 Å². The number of nitrogens with zero attached hydrogens (tertiary/aromatic N) is 1. The minimum atomic E-state index is -0.887. The molecule has 1 aliphatic carbocycles. The number of fused-ring (bicyclic) bond motifs is 1. The molecule has 158 valence electrons. The second-order valence-electron chi connectivity index (χ2n) is 8.62. The first-order valence-corrected chi connectivity index (χ1v) is 11.1. The smallest absolute Gasteiger partial charge is 0.352 e. The van der Waals surface area contributed by atoms with Crippen LogP contribution < -0.4 is 5.32 Å². The van der Waals surface area contributed by atoms with Gasteiger partial charge < -0.3 is 15.0 Å². The van der Waals surface area contributed by atoms with Crippen molar-refractivity contribution in [3.8, 4) is 0 Å². The van der Waals surface area contributed by atoms with Gasteiger partial charge in [0.15, 0.2) is 0 Å². The fourth-order valence-electron chi connectivity index (χ4n) is 4.84. The Balaban J connectivity index is 1.71. The molecule has 1 aliphatic rings. The second kappa shape index (κ2) is 8.83. The molecule has 30 heavy (non-hydrogen) atoms. The summed E-state index contributed by atoms with van der Waals surface area (Å²) in [5.74, 6) is 0.401. The van der Waals surface area contributed by atoms with E-state index in [0.717, 1.165) is 28.5 Å². The number of halogens is 1. The lowest BCUT2D eigenvalue weighted by Crippen LogP contribution is -2.40. The van der Waals surface area contributed by atoms with Gasteiger partial charge in [0.05, 0.1) is 0 Å². The third-order valence-electron chi connectivity index (χ3n) is 6.78. The van der Waals surface area contributed by atoms with Crippen LogP contribution in [0.2, 0.25) is 5.02 Å². The van der Waals surface area contributed by atoms with Gasteiger partial charge in [-0.25, -0.2) is 4.79 Å². The normalized spacial score (nSPS) is 21.8. The molecule has 3 aromatic rings. The summed E-state index contributed by atoms with van der Waals surface area (Å²) in [5.41, 5.74) is 3.22. The molecule has 0 amide bonds. The van der Waals surface area contributed by atoms with Crippen LogP contribution in [0, 0.1) is 11.8 Å². The van der Waals surface area contributed by atoms with E-state index in [1.54, 1.807) is 0 Å². The van der Waals surface area contributed by atoms with Crippen molar-refractivity contribution in [3.63, 3.8) is 0 Å². The number of nitrogens with one attached hydrogen (secondary N) is 1. The molecule has 2 N–H and O–H groups in total. The second-order valence-corrected chi connectivity index (χ2v) is 9.05. The van der Waals surface area contributed by atoms with E-state index in [1.165, 1.54) is 12.8 Å². The standard InChI is InChI=1S/C25H29ClN2O2/c1-16-6-5-8-22(17(16)2)27-14-21-20-7-3-4-9-23(20)28(24(21)25(29)30)15-18-10-12-19(26)13-11-18/h3-4,7,9-13,16-17,22,27H,5-6,8,14-15H2,1-2H3,(H,29,30). The fourth-order valence-corrected chi connectivity index (χ4v) is 4.96. The lowest BCUT2D eigenvalue weighted by molar-refractivity contribution is 0.0684. The summed E-state index contributed by atoms with van der Waals surface area (Å²) in [5, 5.41) is 15.5. The molecule has 4 rings (SSSR count). The fraction of sp³-hybridized carbons (Fsp3) is 0.400. The van der Waals surface area contributed by atoms with Crippen molar-refractivity contribution in [2.75, 3.05) is 0 Å². The highest BCUT2D eigenvalue weighted by atomic mass is 35.5. The number of carboxylic acids is 1. The molecule has 0 spiro atoms. The molecule has 5 heteroatoms. The zero-order valence-electron chi connectivity index (χ0n) is 17.6. The van der Waals surface area contributed by atoms with Crippen molar-refractivity contribution in [3.05, 3.63) is 70.4 Å². The van der Waals surface area contributed by atoms with E-state index in [9.17, 15) is 9.90 Å². The molecule has 3 unspecified atom stereocenters. The number of benzene rings is 2. The van der Waals surface area contributed by atoms with Gasteiger partial charge in [0, 0.05) is 40.6 Å². The van der Waals surface area contributed by atoms with Gasteiger partial charge >= 0.3 is 5.97 Å². The van der Waals surface area contributed by atoms with Gasteiger partial charge in [0.25, 0.3) is 0 Å². The molecule has 0 bridgehead atoms. The molecule has 0 aliphatic heterocycles. The van der Waals surface area contributed by atoms with Crippen LogP contribution in [0.5, 0.6) is 0 Å². The van der Waals surface area contributed by atoms with Crippen molar-refractivity contribution >= 4 is 28.5 Å². The lowest BCUT2D eigenvalue weighted by Gasteiger charge is -2.34. The minimum absolute atomic E-state index is 0.371. The van der Waals surface area contributed by atoms with Crippen molar-refractivity contribution in [2.24, 2.45) is 11.8 Å². The predicted molar refractivity (Wildman–Crippen MR) is 122 cm³/mol. The van der Waals surface area contributed by atoms with E-state index in [4.69, 9.17) is 11.6 Å². The molecule has 0 radical (unpaired) electrons. The summed E-state index contributed by atoms with van der Waals surface area (Å²) in [6.45, 7) is 5.69. The molecule has 1 fully saturated rings. The van der Waals surface area contributed by atoms with Gasteiger partial charge in [-0.15, -0.1) is 0 Å². The van der Waals surface area contributed by atoms with Crippen LogP contribution in [0.25, 0.3) is 10.9 Å². The van der Waals surface area contributed by atoms with Gasteiger partial charge in [0.2, 0.25) is 0 Å². The van der Waals surface area contributed by atoms with Crippen LogP contribution in [0.1, 0.15) is 54.7 Å². The van der Waals surface area contributed by atoms with Gasteiger partial charge in [-0.3, -0.25) is 0 Å². The van der Waals surface area contributed by atoms with Crippen LogP contribution in [-0.4, -0.2) is 21.7 Å². The first kappa shape index (κ1) is 21.0. The average molecular weight is 425 g/mol. The van der Waals surface area contributed by atoms with Crippen molar-refractivity contribution in [1.29, 1.82) is 0 Å². The van der Waals surface area contributed by atoms with E-state index in [0.29, 0.717) is 41.7 Å². The molecular weight excluding hydrogens is 396 g/mol. The quantitative estimate of drug-likeness (QED) is 0.513. The molecule has 4 nitrogen and oxygen atoms in total. The van der Waals surface area contributed by atoms with Crippen LogP contribution in [-0.2, 0) is 13.1 Å². The number of hydrogen-bond donors (Lipinski definition) is 2.